The summed E-state index contributed by atoms with van der Waals surface area (Å²) in [5.74, 6) is -0.608. The van der Waals surface area contributed by atoms with Gasteiger partial charge in [-0.05, 0) is 42.7 Å². The molecule has 2 aliphatic heterocycles. The quantitative estimate of drug-likeness (QED) is 0.357. The van der Waals surface area contributed by atoms with Crippen LogP contribution in [0.15, 0.2) is 72.8 Å². The van der Waals surface area contributed by atoms with Gasteiger partial charge in [0.25, 0.3) is 11.7 Å². The molecular formula is C26H25N3O4. The number of aromatic nitrogens is 2. The Labute approximate surface area is 191 Å². The molecule has 3 aromatic rings. The molecule has 0 aliphatic carbocycles. The average Bonchev–Trinajstić information content (AvgIpc) is 3.53. The highest BCUT2D eigenvalue weighted by Crippen LogP contribution is 2.40. The Kier molecular flexibility index (Phi) is 5.46. The number of aryl methyl sites for hydroxylation is 1. The van der Waals surface area contributed by atoms with Gasteiger partial charge in [0.2, 0.25) is 0 Å². The minimum atomic E-state index is -0.658. The largest absolute Gasteiger partial charge is 0.507 e. The summed E-state index contributed by atoms with van der Waals surface area (Å²) in [6.07, 6.45) is 6.76. The molecule has 0 bridgehead atoms. The van der Waals surface area contributed by atoms with Gasteiger partial charge in [-0.25, -0.2) is 4.98 Å². The lowest BCUT2D eigenvalue weighted by molar-refractivity contribution is -0.139. The van der Waals surface area contributed by atoms with E-state index >= 15 is 0 Å². The second-order valence-corrected chi connectivity index (χ2v) is 8.51. The number of benzene rings is 2. The number of hydrogen-bond donors (Lipinski definition) is 1. The molecule has 2 atom stereocenters. The minimum absolute atomic E-state index is 0.0720. The molecule has 168 valence electrons. The van der Waals surface area contributed by atoms with E-state index in [-0.39, 0.29) is 17.4 Å². The summed E-state index contributed by atoms with van der Waals surface area (Å²) < 4.78 is 7.69. The van der Waals surface area contributed by atoms with Crippen molar-refractivity contribution in [2.24, 2.45) is 0 Å². The Balaban J connectivity index is 1.51. The normalized spacial score (nSPS) is 21.3. The van der Waals surface area contributed by atoms with Crippen LogP contribution in [-0.4, -0.2) is 43.9 Å². The van der Waals surface area contributed by atoms with E-state index in [9.17, 15) is 14.7 Å². The van der Waals surface area contributed by atoms with Crippen LogP contribution in [0.1, 0.15) is 36.1 Å². The number of aliphatic hydroxyl groups is 1. The van der Waals surface area contributed by atoms with Crippen LogP contribution in [0.2, 0.25) is 0 Å². The SMILES string of the molecule is CC1Cc2cc(/C(O)=C3\C(=O)C(=O)N(CCCn4ccnc4)C3c3ccccc3)ccc2O1. The van der Waals surface area contributed by atoms with Gasteiger partial charge in [0, 0.05) is 37.5 Å². The number of imidazole rings is 1. The fraction of sp³-hybridized carbons (Fsp3) is 0.269. The Morgan fingerprint density at radius 1 is 1.15 bits per heavy atom. The number of amides is 1. The standard InChI is InChI=1S/C26H25N3O4/c1-17-14-20-15-19(8-9-21(20)33-17)24(30)22-23(18-6-3-2-4-7-18)29(26(32)25(22)31)12-5-11-28-13-10-27-16-28/h2-4,6-10,13,15-17,23,30H,5,11-12,14H2,1H3/b24-22+. The molecule has 5 rings (SSSR count). The van der Waals surface area contributed by atoms with E-state index in [0.717, 1.165) is 23.3 Å². The molecule has 7 nitrogen and oxygen atoms in total. The van der Waals surface area contributed by atoms with Crippen molar-refractivity contribution in [2.75, 3.05) is 6.54 Å². The predicted octanol–water partition coefficient (Wildman–Crippen LogP) is 3.72. The van der Waals surface area contributed by atoms with Gasteiger partial charge in [-0.1, -0.05) is 30.3 Å². The molecule has 2 aromatic carbocycles. The summed E-state index contributed by atoms with van der Waals surface area (Å²) >= 11 is 0. The number of rotatable bonds is 6. The fourth-order valence-electron chi connectivity index (χ4n) is 4.66. The first kappa shape index (κ1) is 21.0. The maximum atomic E-state index is 13.1. The van der Waals surface area contributed by atoms with Crippen LogP contribution in [0.4, 0.5) is 0 Å². The van der Waals surface area contributed by atoms with E-state index in [1.165, 1.54) is 0 Å². The van der Waals surface area contributed by atoms with E-state index in [2.05, 4.69) is 4.98 Å². The van der Waals surface area contributed by atoms with Crippen LogP contribution < -0.4 is 4.74 Å². The van der Waals surface area contributed by atoms with Gasteiger partial charge in [-0.2, -0.15) is 0 Å². The molecule has 3 heterocycles. The molecule has 1 saturated heterocycles. The van der Waals surface area contributed by atoms with E-state index in [0.29, 0.717) is 25.1 Å². The molecule has 0 radical (unpaired) electrons. The fourth-order valence-corrected chi connectivity index (χ4v) is 4.66. The number of hydrogen-bond acceptors (Lipinski definition) is 5. The zero-order valence-corrected chi connectivity index (χ0v) is 18.3. The summed E-state index contributed by atoms with van der Waals surface area (Å²) in [5.41, 5.74) is 2.42. The van der Waals surface area contributed by atoms with E-state index in [4.69, 9.17) is 4.74 Å². The maximum Gasteiger partial charge on any atom is 0.295 e. The maximum absolute atomic E-state index is 13.1. The van der Waals surface area contributed by atoms with Crippen LogP contribution in [0, 0.1) is 0 Å². The molecule has 1 fully saturated rings. The number of nitrogens with zero attached hydrogens (tertiary/aromatic N) is 3. The lowest BCUT2D eigenvalue weighted by Gasteiger charge is -2.25. The van der Waals surface area contributed by atoms with E-state index in [1.807, 2.05) is 60.2 Å². The van der Waals surface area contributed by atoms with Crippen molar-refractivity contribution in [1.82, 2.24) is 14.5 Å². The second-order valence-electron chi connectivity index (χ2n) is 8.51. The van der Waals surface area contributed by atoms with Gasteiger partial charge < -0.3 is 19.3 Å². The zero-order valence-electron chi connectivity index (χ0n) is 18.3. The number of ketones is 1. The van der Waals surface area contributed by atoms with Crippen LogP contribution in [-0.2, 0) is 22.6 Å². The Bertz CT molecular complexity index is 1220. The van der Waals surface area contributed by atoms with Gasteiger partial charge >= 0.3 is 0 Å². The van der Waals surface area contributed by atoms with Gasteiger partial charge in [0.05, 0.1) is 17.9 Å². The second kappa shape index (κ2) is 8.58. The number of aliphatic hydroxyl groups excluding tert-OH is 1. The number of carbonyl (C=O) groups is 2. The zero-order chi connectivity index (χ0) is 22.9. The van der Waals surface area contributed by atoms with Crippen molar-refractivity contribution in [3.8, 4) is 5.75 Å². The van der Waals surface area contributed by atoms with Crippen molar-refractivity contribution in [3.63, 3.8) is 0 Å². The molecule has 0 spiro atoms. The van der Waals surface area contributed by atoms with Gasteiger partial charge in [0.15, 0.2) is 0 Å². The Morgan fingerprint density at radius 3 is 2.73 bits per heavy atom. The van der Waals surface area contributed by atoms with Gasteiger partial charge in [0.1, 0.15) is 17.6 Å². The lowest BCUT2D eigenvalue weighted by atomic mass is 9.94. The number of likely N-dealkylation sites (tertiary alicyclic amines) is 1. The summed E-state index contributed by atoms with van der Waals surface area (Å²) in [6, 6.07) is 14.1. The molecule has 7 heteroatoms. The number of ether oxygens (including phenoxy) is 1. The van der Waals surface area contributed by atoms with E-state index in [1.54, 1.807) is 23.5 Å². The van der Waals surface area contributed by atoms with Crippen molar-refractivity contribution in [3.05, 3.63) is 89.5 Å². The molecule has 2 aliphatic rings. The van der Waals surface area contributed by atoms with E-state index < -0.39 is 17.7 Å². The van der Waals surface area contributed by atoms with Crippen molar-refractivity contribution in [1.29, 1.82) is 0 Å². The topological polar surface area (TPSA) is 84.7 Å². The molecule has 1 aromatic heterocycles. The summed E-state index contributed by atoms with van der Waals surface area (Å²) in [4.78, 5) is 31.8. The molecule has 0 saturated carbocycles. The van der Waals surface area contributed by atoms with Crippen molar-refractivity contribution >= 4 is 17.4 Å². The lowest BCUT2D eigenvalue weighted by Crippen LogP contribution is -2.31. The monoisotopic (exact) mass is 443 g/mol. The van der Waals surface area contributed by atoms with Crippen molar-refractivity contribution < 1.29 is 19.4 Å². The molecular weight excluding hydrogens is 418 g/mol. The molecule has 1 N–H and O–H groups in total. The highest BCUT2D eigenvalue weighted by atomic mass is 16.5. The molecule has 33 heavy (non-hydrogen) atoms. The Morgan fingerprint density at radius 2 is 1.97 bits per heavy atom. The molecule has 1 amide bonds. The first-order chi connectivity index (χ1) is 16.0. The first-order valence-corrected chi connectivity index (χ1v) is 11.1. The third-order valence-electron chi connectivity index (χ3n) is 6.20. The van der Waals surface area contributed by atoms with Crippen LogP contribution in [0.5, 0.6) is 5.75 Å². The number of carbonyl (C=O) groups excluding carboxylic acids is 2. The highest BCUT2D eigenvalue weighted by Gasteiger charge is 2.45. The summed E-state index contributed by atoms with van der Waals surface area (Å²) in [6.45, 7) is 3.05. The third-order valence-corrected chi connectivity index (χ3v) is 6.20. The Hall–Kier alpha value is -3.87. The summed E-state index contributed by atoms with van der Waals surface area (Å²) in [5, 5.41) is 11.3. The third kappa shape index (κ3) is 3.91. The van der Waals surface area contributed by atoms with Crippen LogP contribution >= 0.6 is 0 Å². The first-order valence-electron chi connectivity index (χ1n) is 11.1. The average molecular weight is 444 g/mol. The minimum Gasteiger partial charge on any atom is -0.507 e. The van der Waals surface area contributed by atoms with Gasteiger partial charge in [-0.3, -0.25) is 9.59 Å². The van der Waals surface area contributed by atoms with Crippen LogP contribution in [0.3, 0.4) is 0 Å². The molecule has 2 unspecified atom stereocenters. The number of fused-ring (bicyclic) bond motifs is 1. The van der Waals surface area contributed by atoms with Crippen molar-refractivity contribution in [2.45, 2.75) is 38.5 Å². The van der Waals surface area contributed by atoms with Gasteiger partial charge in [-0.15, -0.1) is 0 Å². The smallest absolute Gasteiger partial charge is 0.295 e. The summed E-state index contributed by atoms with van der Waals surface area (Å²) in [7, 11) is 0. The number of Topliss-reactive ketones (excluding diaryl/α,β-unsaturated/α-hetero) is 1. The highest BCUT2D eigenvalue weighted by molar-refractivity contribution is 6.46. The predicted molar refractivity (Wildman–Crippen MR) is 123 cm³/mol. The van der Waals surface area contributed by atoms with Crippen LogP contribution in [0.25, 0.3) is 5.76 Å².